The Morgan fingerprint density at radius 2 is 2.06 bits per heavy atom. The number of fused-ring (bicyclic) bond motifs is 1. The maximum atomic E-state index is 14.6. The monoisotopic (exact) mass is 462 g/mol. The number of hydrogen-bond acceptors (Lipinski definition) is 6. The fraction of sp³-hybridized carbons (Fsp3) is 0.542. The highest BCUT2D eigenvalue weighted by Crippen LogP contribution is 2.35. The van der Waals surface area contributed by atoms with Crippen molar-refractivity contribution >= 4 is 23.0 Å². The molecule has 1 fully saturated rings. The number of carbonyl (C=O) groups excluding carboxylic acids is 1. The van der Waals surface area contributed by atoms with E-state index in [1.807, 2.05) is 0 Å². The van der Waals surface area contributed by atoms with Crippen LogP contribution in [-0.4, -0.2) is 58.0 Å². The zero-order chi connectivity index (χ0) is 24.3. The molecule has 2 aromatic rings. The number of aliphatic hydroxyl groups excluding tert-OH is 1. The number of pyridine rings is 1. The number of aliphatic hydroxyl groups is 1. The van der Waals surface area contributed by atoms with Gasteiger partial charge in [0, 0.05) is 24.0 Å². The highest BCUT2D eigenvalue weighted by atomic mass is 19.1. The summed E-state index contributed by atoms with van der Waals surface area (Å²) < 4.78 is 25.2. The summed E-state index contributed by atoms with van der Waals surface area (Å²) in [6.07, 6.45) is 0.400. The SMILES string of the molecule is COc1ccc2ncc(F)c(C(O)CC[C@@H]3CCN(C(=O)OC(C)(C)C)C[C@@H]3C(=O)O)c2c1. The summed E-state index contributed by atoms with van der Waals surface area (Å²) in [7, 11) is 1.50. The average Bonchev–Trinajstić information content (AvgIpc) is 2.75. The number of amides is 1. The summed E-state index contributed by atoms with van der Waals surface area (Å²) in [5.74, 6) is -2.17. The second-order valence-electron chi connectivity index (χ2n) is 9.42. The van der Waals surface area contributed by atoms with E-state index in [0.717, 1.165) is 6.20 Å². The molecule has 1 unspecified atom stereocenters. The highest BCUT2D eigenvalue weighted by molar-refractivity contribution is 5.84. The molecule has 9 heteroatoms. The zero-order valence-corrected chi connectivity index (χ0v) is 19.4. The van der Waals surface area contributed by atoms with E-state index in [0.29, 0.717) is 36.0 Å². The first kappa shape index (κ1) is 24.7. The van der Waals surface area contributed by atoms with Crippen molar-refractivity contribution in [3.05, 3.63) is 35.8 Å². The van der Waals surface area contributed by atoms with Gasteiger partial charge in [-0.05, 0) is 64.2 Å². The number of aromatic nitrogens is 1. The van der Waals surface area contributed by atoms with Crippen molar-refractivity contribution in [3.63, 3.8) is 0 Å². The molecule has 3 rings (SSSR count). The normalized spacial score (nSPS) is 19.9. The van der Waals surface area contributed by atoms with Crippen molar-refractivity contribution in [1.29, 1.82) is 0 Å². The minimum Gasteiger partial charge on any atom is -0.497 e. The first-order valence-corrected chi connectivity index (χ1v) is 11.0. The van der Waals surface area contributed by atoms with Gasteiger partial charge in [0.2, 0.25) is 0 Å². The predicted molar refractivity (Wildman–Crippen MR) is 119 cm³/mol. The predicted octanol–water partition coefficient (Wildman–Crippen LogP) is 4.15. The molecule has 0 radical (unpaired) electrons. The van der Waals surface area contributed by atoms with E-state index < -0.39 is 35.5 Å². The maximum absolute atomic E-state index is 14.6. The highest BCUT2D eigenvalue weighted by Gasteiger charge is 2.37. The number of likely N-dealkylation sites (tertiary alicyclic amines) is 1. The summed E-state index contributed by atoms with van der Waals surface area (Å²) in [4.78, 5) is 29.8. The number of ether oxygens (including phenoxy) is 2. The second-order valence-corrected chi connectivity index (χ2v) is 9.42. The Kier molecular flexibility index (Phi) is 7.41. The van der Waals surface area contributed by atoms with Crippen LogP contribution in [-0.2, 0) is 9.53 Å². The standard InChI is InChI=1S/C24H31FN2O6/c1-24(2,3)33-23(31)27-10-9-14(17(13-27)22(29)30)5-8-20(28)21-16-11-15(32-4)6-7-19(16)26-12-18(21)25/h6-7,11-12,14,17,20,28H,5,8-10,13H2,1-4H3,(H,29,30)/t14-,17+,20?/m1/s1. The van der Waals surface area contributed by atoms with E-state index in [2.05, 4.69) is 4.98 Å². The summed E-state index contributed by atoms with van der Waals surface area (Å²) in [5, 5.41) is 21.0. The quantitative estimate of drug-likeness (QED) is 0.664. The Bertz CT molecular complexity index is 1020. The van der Waals surface area contributed by atoms with Gasteiger partial charge in [-0.25, -0.2) is 9.18 Å². The summed E-state index contributed by atoms with van der Waals surface area (Å²) >= 11 is 0. The van der Waals surface area contributed by atoms with E-state index in [1.54, 1.807) is 39.0 Å². The van der Waals surface area contributed by atoms with Gasteiger partial charge < -0.3 is 24.6 Å². The lowest BCUT2D eigenvalue weighted by atomic mass is 9.81. The molecule has 0 saturated carbocycles. The van der Waals surface area contributed by atoms with Crippen LogP contribution in [0.15, 0.2) is 24.4 Å². The van der Waals surface area contributed by atoms with Crippen LogP contribution in [0.2, 0.25) is 0 Å². The Morgan fingerprint density at radius 1 is 1.33 bits per heavy atom. The Balaban J connectivity index is 1.72. The lowest BCUT2D eigenvalue weighted by Gasteiger charge is -2.37. The number of halogens is 1. The van der Waals surface area contributed by atoms with E-state index in [1.165, 1.54) is 12.0 Å². The number of piperidine rings is 1. The number of rotatable bonds is 6. The van der Waals surface area contributed by atoms with E-state index in [4.69, 9.17) is 9.47 Å². The Morgan fingerprint density at radius 3 is 2.70 bits per heavy atom. The minimum absolute atomic E-state index is 0.0365. The number of benzene rings is 1. The molecule has 1 aliphatic rings. The molecule has 3 atom stereocenters. The van der Waals surface area contributed by atoms with Crippen molar-refractivity contribution in [2.45, 2.75) is 51.7 Å². The molecule has 1 aliphatic heterocycles. The van der Waals surface area contributed by atoms with Crippen LogP contribution >= 0.6 is 0 Å². The van der Waals surface area contributed by atoms with Crippen LogP contribution in [0.3, 0.4) is 0 Å². The van der Waals surface area contributed by atoms with Crippen LogP contribution in [0.5, 0.6) is 5.75 Å². The molecule has 0 bridgehead atoms. The van der Waals surface area contributed by atoms with Gasteiger partial charge in [0.15, 0.2) is 0 Å². The zero-order valence-electron chi connectivity index (χ0n) is 19.4. The number of hydrogen-bond donors (Lipinski definition) is 2. The smallest absolute Gasteiger partial charge is 0.410 e. The first-order valence-electron chi connectivity index (χ1n) is 11.0. The Labute approximate surface area is 192 Å². The third-order valence-corrected chi connectivity index (χ3v) is 5.94. The molecule has 1 aromatic carbocycles. The van der Waals surface area contributed by atoms with Gasteiger partial charge >= 0.3 is 12.1 Å². The number of nitrogens with zero attached hydrogens (tertiary/aromatic N) is 2. The molecule has 180 valence electrons. The average molecular weight is 463 g/mol. The fourth-order valence-corrected chi connectivity index (χ4v) is 4.27. The van der Waals surface area contributed by atoms with Gasteiger partial charge in [-0.1, -0.05) is 0 Å². The van der Waals surface area contributed by atoms with Gasteiger partial charge in [0.05, 0.1) is 30.8 Å². The van der Waals surface area contributed by atoms with Crippen molar-refractivity contribution in [3.8, 4) is 5.75 Å². The van der Waals surface area contributed by atoms with Crippen molar-refractivity contribution < 1.29 is 33.7 Å². The number of carbonyl (C=O) groups is 2. The third kappa shape index (κ3) is 5.90. The number of methoxy groups -OCH3 is 1. The van der Waals surface area contributed by atoms with E-state index >= 15 is 0 Å². The lowest BCUT2D eigenvalue weighted by Crippen LogP contribution is -2.48. The second kappa shape index (κ2) is 9.91. The molecule has 2 heterocycles. The number of carboxylic acid groups (broad SMARTS) is 1. The topological polar surface area (TPSA) is 109 Å². The molecule has 1 saturated heterocycles. The molecule has 2 N–H and O–H groups in total. The van der Waals surface area contributed by atoms with Crippen LogP contribution in [0.25, 0.3) is 10.9 Å². The fourth-order valence-electron chi connectivity index (χ4n) is 4.27. The maximum Gasteiger partial charge on any atom is 0.410 e. The molecule has 8 nitrogen and oxygen atoms in total. The van der Waals surface area contributed by atoms with Gasteiger partial charge in [-0.3, -0.25) is 9.78 Å². The molecule has 0 aliphatic carbocycles. The van der Waals surface area contributed by atoms with E-state index in [9.17, 15) is 24.2 Å². The summed E-state index contributed by atoms with van der Waals surface area (Å²) in [6.45, 7) is 5.67. The Hall–Kier alpha value is -2.94. The molecule has 1 aromatic heterocycles. The van der Waals surface area contributed by atoms with Gasteiger partial charge in [0.1, 0.15) is 17.2 Å². The van der Waals surface area contributed by atoms with Gasteiger partial charge in [-0.2, -0.15) is 0 Å². The van der Waals surface area contributed by atoms with E-state index in [-0.39, 0.29) is 24.4 Å². The van der Waals surface area contributed by atoms with Crippen LogP contribution in [0, 0.1) is 17.7 Å². The number of aliphatic carboxylic acids is 1. The van der Waals surface area contributed by atoms with Crippen molar-refractivity contribution in [2.24, 2.45) is 11.8 Å². The lowest BCUT2D eigenvalue weighted by molar-refractivity contribution is -0.146. The largest absolute Gasteiger partial charge is 0.497 e. The van der Waals surface area contributed by atoms with Crippen LogP contribution < -0.4 is 4.74 Å². The van der Waals surface area contributed by atoms with Gasteiger partial charge in [-0.15, -0.1) is 0 Å². The van der Waals surface area contributed by atoms with Gasteiger partial charge in [0.25, 0.3) is 0 Å². The summed E-state index contributed by atoms with van der Waals surface area (Å²) in [6, 6.07) is 5.03. The molecular weight excluding hydrogens is 431 g/mol. The summed E-state index contributed by atoms with van der Waals surface area (Å²) in [5.41, 5.74) is -0.0195. The third-order valence-electron chi connectivity index (χ3n) is 5.94. The van der Waals surface area contributed by atoms with Crippen molar-refractivity contribution in [1.82, 2.24) is 9.88 Å². The molecular formula is C24H31FN2O6. The first-order chi connectivity index (χ1) is 15.5. The molecule has 33 heavy (non-hydrogen) atoms. The minimum atomic E-state index is -1.14. The number of carboxylic acids is 1. The molecule has 0 spiro atoms. The molecule has 1 amide bonds. The van der Waals surface area contributed by atoms with Crippen molar-refractivity contribution in [2.75, 3.05) is 20.2 Å². The van der Waals surface area contributed by atoms with Crippen LogP contribution in [0.1, 0.15) is 51.7 Å². The van der Waals surface area contributed by atoms with Crippen LogP contribution in [0.4, 0.5) is 9.18 Å².